The minimum Gasteiger partial charge on any atom is -0.497 e. The average Bonchev–Trinajstić information content (AvgIpc) is 2.88. The molecule has 1 aromatic carbocycles. The Bertz CT molecular complexity index is 713. The third kappa shape index (κ3) is 4.82. The molecule has 1 aliphatic heterocycles. The second-order valence-electron chi connectivity index (χ2n) is 6.52. The zero-order valence-corrected chi connectivity index (χ0v) is 15.0. The number of benzene rings is 1. The highest BCUT2D eigenvalue weighted by Crippen LogP contribution is 2.15. The van der Waals surface area contributed by atoms with Gasteiger partial charge in [-0.05, 0) is 37.1 Å². The van der Waals surface area contributed by atoms with Crippen LogP contribution in [0.5, 0.6) is 5.75 Å². The molecule has 0 spiro atoms. The van der Waals surface area contributed by atoms with Gasteiger partial charge in [0, 0.05) is 38.9 Å². The molecule has 134 valence electrons. The Labute approximate surface area is 149 Å². The van der Waals surface area contributed by atoms with Crippen molar-refractivity contribution < 1.29 is 9.53 Å². The van der Waals surface area contributed by atoms with Crippen LogP contribution in [0, 0.1) is 6.92 Å². The van der Waals surface area contributed by atoms with E-state index in [1.54, 1.807) is 11.8 Å². The van der Waals surface area contributed by atoms with Gasteiger partial charge in [0.15, 0.2) is 0 Å². The SMILES string of the molecule is COc1cccc(CN2CCCN(C(=O)Cn3ccc(C)n3)CC2)c1. The molecule has 25 heavy (non-hydrogen) atoms. The molecule has 0 bridgehead atoms. The fourth-order valence-electron chi connectivity index (χ4n) is 3.20. The molecule has 0 aliphatic carbocycles. The van der Waals surface area contributed by atoms with Crippen LogP contribution in [0.4, 0.5) is 0 Å². The normalized spacial score (nSPS) is 15.8. The average molecular weight is 342 g/mol. The van der Waals surface area contributed by atoms with E-state index >= 15 is 0 Å². The monoisotopic (exact) mass is 342 g/mol. The van der Waals surface area contributed by atoms with Gasteiger partial charge in [-0.15, -0.1) is 0 Å². The number of aromatic nitrogens is 2. The number of hydrogen-bond donors (Lipinski definition) is 0. The van der Waals surface area contributed by atoms with Crippen molar-refractivity contribution in [1.29, 1.82) is 0 Å². The maximum atomic E-state index is 12.5. The minimum atomic E-state index is 0.145. The molecule has 0 unspecified atom stereocenters. The first-order chi connectivity index (χ1) is 12.1. The summed E-state index contributed by atoms with van der Waals surface area (Å²) >= 11 is 0. The lowest BCUT2D eigenvalue weighted by molar-refractivity contribution is -0.131. The summed E-state index contributed by atoms with van der Waals surface area (Å²) in [6.45, 7) is 6.62. The van der Waals surface area contributed by atoms with E-state index in [1.807, 2.05) is 36.2 Å². The third-order valence-electron chi connectivity index (χ3n) is 4.55. The molecule has 1 saturated heterocycles. The van der Waals surface area contributed by atoms with Crippen molar-refractivity contribution in [1.82, 2.24) is 19.6 Å². The maximum absolute atomic E-state index is 12.5. The van der Waals surface area contributed by atoms with Crippen LogP contribution >= 0.6 is 0 Å². The van der Waals surface area contributed by atoms with Crippen LogP contribution in [0.15, 0.2) is 36.5 Å². The van der Waals surface area contributed by atoms with Crippen molar-refractivity contribution in [2.45, 2.75) is 26.4 Å². The van der Waals surface area contributed by atoms with Gasteiger partial charge in [0.2, 0.25) is 5.91 Å². The van der Waals surface area contributed by atoms with Gasteiger partial charge in [-0.3, -0.25) is 14.4 Å². The Morgan fingerprint density at radius 3 is 2.84 bits per heavy atom. The van der Waals surface area contributed by atoms with E-state index in [0.29, 0.717) is 6.54 Å². The van der Waals surface area contributed by atoms with Crippen molar-refractivity contribution in [3.05, 3.63) is 47.8 Å². The summed E-state index contributed by atoms with van der Waals surface area (Å²) in [4.78, 5) is 16.9. The van der Waals surface area contributed by atoms with Gasteiger partial charge < -0.3 is 9.64 Å². The molecule has 0 saturated carbocycles. The van der Waals surface area contributed by atoms with Crippen molar-refractivity contribution in [2.75, 3.05) is 33.3 Å². The number of carbonyl (C=O) groups excluding carboxylic acids is 1. The predicted molar refractivity (Wildman–Crippen MR) is 96.4 cm³/mol. The second-order valence-corrected chi connectivity index (χ2v) is 6.52. The Hall–Kier alpha value is -2.34. The molecule has 1 amide bonds. The molecule has 6 heteroatoms. The number of hydrogen-bond acceptors (Lipinski definition) is 4. The van der Waals surface area contributed by atoms with E-state index < -0.39 is 0 Å². The Morgan fingerprint density at radius 2 is 2.08 bits per heavy atom. The number of nitrogens with zero attached hydrogens (tertiary/aromatic N) is 4. The number of carbonyl (C=O) groups is 1. The molecule has 3 rings (SSSR count). The smallest absolute Gasteiger partial charge is 0.244 e. The van der Waals surface area contributed by atoms with E-state index in [2.05, 4.69) is 22.1 Å². The maximum Gasteiger partial charge on any atom is 0.244 e. The molecule has 0 atom stereocenters. The van der Waals surface area contributed by atoms with Gasteiger partial charge >= 0.3 is 0 Å². The molecular weight excluding hydrogens is 316 g/mol. The highest BCUT2D eigenvalue weighted by molar-refractivity contribution is 5.75. The predicted octanol–water partition coefficient (Wildman–Crippen LogP) is 1.93. The number of aryl methyl sites for hydroxylation is 1. The zero-order chi connectivity index (χ0) is 17.6. The van der Waals surface area contributed by atoms with Crippen LogP contribution in [-0.4, -0.2) is 58.8 Å². The Balaban J connectivity index is 1.53. The lowest BCUT2D eigenvalue weighted by atomic mass is 10.2. The van der Waals surface area contributed by atoms with E-state index in [4.69, 9.17) is 4.74 Å². The second kappa shape index (κ2) is 8.16. The molecule has 0 N–H and O–H groups in total. The highest BCUT2D eigenvalue weighted by atomic mass is 16.5. The summed E-state index contributed by atoms with van der Waals surface area (Å²) in [6, 6.07) is 10.1. The zero-order valence-electron chi connectivity index (χ0n) is 15.0. The fourth-order valence-corrected chi connectivity index (χ4v) is 3.20. The van der Waals surface area contributed by atoms with Crippen molar-refractivity contribution in [3.63, 3.8) is 0 Å². The first-order valence-corrected chi connectivity index (χ1v) is 8.77. The van der Waals surface area contributed by atoms with Crippen LogP contribution in [0.1, 0.15) is 17.7 Å². The number of methoxy groups -OCH3 is 1. The largest absolute Gasteiger partial charge is 0.497 e. The van der Waals surface area contributed by atoms with Crippen molar-refractivity contribution >= 4 is 5.91 Å². The number of ether oxygens (including phenoxy) is 1. The molecule has 1 aliphatic rings. The van der Waals surface area contributed by atoms with Gasteiger partial charge in [0.25, 0.3) is 0 Å². The lowest BCUT2D eigenvalue weighted by Crippen LogP contribution is -2.37. The first kappa shape index (κ1) is 17.5. The van der Waals surface area contributed by atoms with Crippen LogP contribution < -0.4 is 4.74 Å². The molecule has 6 nitrogen and oxygen atoms in total. The van der Waals surface area contributed by atoms with E-state index in [1.165, 1.54) is 5.56 Å². The minimum absolute atomic E-state index is 0.145. The molecule has 2 heterocycles. The summed E-state index contributed by atoms with van der Waals surface area (Å²) in [7, 11) is 1.69. The first-order valence-electron chi connectivity index (χ1n) is 8.77. The summed E-state index contributed by atoms with van der Waals surface area (Å²) < 4.78 is 7.01. The summed E-state index contributed by atoms with van der Waals surface area (Å²) in [5, 5.41) is 4.30. The highest BCUT2D eigenvalue weighted by Gasteiger charge is 2.19. The molecule has 2 aromatic rings. The van der Waals surface area contributed by atoms with Gasteiger partial charge in [0.1, 0.15) is 12.3 Å². The third-order valence-corrected chi connectivity index (χ3v) is 4.55. The van der Waals surface area contributed by atoms with E-state index in [9.17, 15) is 4.79 Å². The Morgan fingerprint density at radius 1 is 1.20 bits per heavy atom. The molecular formula is C19H26N4O2. The van der Waals surface area contributed by atoms with E-state index in [-0.39, 0.29) is 5.91 Å². The Kier molecular flexibility index (Phi) is 5.71. The van der Waals surface area contributed by atoms with E-state index in [0.717, 1.165) is 50.6 Å². The fraction of sp³-hybridized carbons (Fsp3) is 0.474. The van der Waals surface area contributed by atoms with Crippen molar-refractivity contribution in [2.24, 2.45) is 0 Å². The summed E-state index contributed by atoms with van der Waals surface area (Å²) in [5.41, 5.74) is 2.18. The number of amides is 1. The van der Waals surface area contributed by atoms with Gasteiger partial charge in [0.05, 0.1) is 12.8 Å². The summed E-state index contributed by atoms with van der Waals surface area (Å²) in [5.74, 6) is 1.03. The van der Waals surface area contributed by atoms with Gasteiger partial charge in [-0.25, -0.2) is 0 Å². The molecule has 0 radical (unpaired) electrons. The van der Waals surface area contributed by atoms with Gasteiger partial charge in [-0.1, -0.05) is 12.1 Å². The summed E-state index contributed by atoms with van der Waals surface area (Å²) in [6.07, 6.45) is 2.86. The van der Waals surface area contributed by atoms with Crippen LogP contribution in [-0.2, 0) is 17.9 Å². The quantitative estimate of drug-likeness (QED) is 0.833. The topological polar surface area (TPSA) is 50.6 Å². The van der Waals surface area contributed by atoms with Crippen molar-refractivity contribution in [3.8, 4) is 5.75 Å². The van der Waals surface area contributed by atoms with Gasteiger partial charge in [-0.2, -0.15) is 5.10 Å². The molecule has 1 fully saturated rings. The number of rotatable bonds is 5. The van der Waals surface area contributed by atoms with Crippen LogP contribution in [0.2, 0.25) is 0 Å². The lowest BCUT2D eigenvalue weighted by Gasteiger charge is -2.22. The standard InChI is InChI=1S/C19H26N4O2/c1-16-7-10-23(20-16)15-19(24)22-9-4-8-21(11-12-22)14-17-5-3-6-18(13-17)25-2/h3,5-7,10,13H,4,8-9,11-12,14-15H2,1-2H3. The van der Waals surface area contributed by atoms with Crippen LogP contribution in [0.3, 0.4) is 0 Å². The van der Waals surface area contributed by atoms with Crippen LogP contribution in [0.25, 0.3) is 0 Å². The molecule has 1 aromatic heterocycles.